The molecule has 3 heterocycles. The average Bonchev–Trinajstić information content (AvgIpc) is 3.29. The number of carbonyl (C=O) groups is 2. The van der Waals surface area contributed by atoms with Crippen molar-refractivity contribution < 1.29 is 9.59 Å². The van der Waals surface area contributed by atoms with Crippen molar-refractivity contribution in [3.8, 4) is 0 Å². The summed E-state index contributed by atoms with van der Waals surface area (Å²) in [6.45, 7) is 7.49. The van der Waals surface area contributed by atoms with Crippen molar-refractivity contribution in [2.45, 2.75) is 69.8 Å². The first-order chi connectivity index (χ1) is 14.4. The molecular weight excluding hydrogens is 420 g/mol. The fourth-order valence-corrected chi connectivity index (χ4v) is 6.30. The van der Waals surface area contributed by atoms with E-state index in [0.29, 0.717) is 30.7 Å². The van der Waals surface area contributed by atoms with E-state index in [1.807, 2.05) is 0 Å². The van der Waals surface area contributed by atoms with E-state index in [9.17, 15) is 14.4 Å². The Morgan fingerprint density at radius 3 is 2.70 bits per heavy atom. The largest absolute Gasteiger partial charge is 0.336 e. The molecule has 9 heteroatoms. The smallest absolute Gasteiger partial charge is 0.324 e. The highest BCUT2D eigenvalue weighted by atomic mass is 32.2. The molecule has 2 aromatic rings. The molecule has 1 saturated heterocycles. The summed E-state index contributed by atoms with van der Waals surface area (Å²) in [5.41, 5.74) is 1.20. The van der Waals surface area contributed by atoms with E-state index >= 15 is 0 Å². The maximum Gasteiger partial charge on any atom is 0.324 e. The highest BCUT2D eigenvalue weighted by molar-refractivity contribution is 8.00. The fourth-order valence-electron chi connectivity index (χ4n) is 4.00. The lowest BCUT2D eigenvalue weighted by Crippen LogP contribution is -2.39. The minimum absolute atomic E-state index is 0.0149. The van der Waals surface area contributed by atoms with Gasteiger partial charge < -0.3 is 5.32 Å². The second kappa shape index (κ2) is 8.70. The number of carbonyl (C=O) groups excluding carboxylic acids is 2. The van der Waals surface area contributed by atoms with E-state index in [0.717, 1.165) is 42.3 Å². The second-order valence-corrected chi connectivity index (χ2v) is 10.8. The van der Waals surface area contributed by atoms with Gasteiger partial charge in [-0.15, -0.1) is 11.3 Å². The molecule has 0 spiro atoms. The van der Waals surface area contributed by atoms with E-state index < -0.39 is 5.25 Å². The van der Waals surface area contributed by atoms with E-state index in [2.05, 4.69) is 19.2 Å². The van der Waals surface area contributed by atoms with Crippen molar-refractivity contribution in [2.75, 3.05) is 13.1 Å². The summed E-state index contributed by atoms with van der Waals surface area (Å²) in [6.07, 6.45) is 5.10. The Labute approximate surface area is 184 Å². The number of nitrogens with one attached hydrogen (secondary N) is 1. The van der Waals surface area contributed by atoms with Gasteiger partial charge in [-0.25, -0.2) is 9.78 Å². The minimum atomic E-state index is -0.502. The van der Waals surface area contributed by atoms with E-state index in [4.69, 9.17) is 4.98 Å². The summed E-state index contributed by atoms with van der Waals surface area (Å²) in [4.78, 5) is 46.3. The lowest BCUT2D eigenvalue weighted by Gasteiger charge is -2.19. The van der Waals surface area contributed by atoms with Crippen molar-refractivity contribution in [2.24, 2.45) is 5.92 Å². The Balaban J connectivity index is 1.71. The highest BCUT2D eigenvalue weighted by Crippen LogP contribution is 2.35. The van der Waals surface area contributed by atoms with Gasteiger partial charge in [-0.05, 0) is 50.5 Å². The lowest BCUT2D eigenvalue weighted by atomic mass is 9.97. The molecule has 1 atom stereocenters. The van der Waals surface area contributed by atoms with Crippen LogP contribution in [0.3, 0.4) is 0 Å². The number of thiophene rings is 1. The molecule has 2 aliphatic rings. The number of amides is 3. The molecule has 1 N–H and O–H groups in total. The molecule has 0 bridgehead atoms. The summed E-state index contributed by atoms with van der Waals surface area (Å²) < 4.78 is 1.75. The first-order valence-electron chi connectivity index (χ1n) is 10.7. The molecule has 1 unspecified atom stereocenters. The predicted octanol–water partition coefficient (Wildman–Crippen LogP) is 3.42. The summed E-state index contributed by atoms with van der Waals surface area (Å²) in [5.74, 6) is 0.208. The quantitative estimate of drug-likeness (QED) is 0.541. The summed E-state index contributed by atoms with van der Waals surface area (Å²) in [7, 11) is 0. The molecule has 30 heavy (non-hydrogen) atoms. The van der Waals surface area contributed by atoms with Crippen LogP contribution in [0, 0.1) is 5.92 Å². The minimum Gasteiger partial charge on any atom is -0.336 e. The van der Waals surface area contributed by atoms with E-state index in [1.165, 1.54) is 27.1 Å². The van der Waals surface area contributed by atoms with Crippen LogP contribution in [0.1, 0.15) is 50.5 Å². The third-order valence-corrected chi connectivity index (χ3v) is 7.99. The number of fused-ring (bicyclic) bond motifs is 3. The van der Waals surface area contributed by atoms with Crippen molar-refractivity contribution in [1.82, 2.24) is 19.8 Å². The Morgan fingerprint density at radius 2 is 2.00 bits per heavy atom. The predicted molar refractivity (Wildman–Crippen MR) is 120 cm³/mol. The molecule has 0 aromatic carbocycles. The molecule has 1 aliphatic heterocycles. The first kappa shape index (κ1) is 21.4. The Bertz CT molecular complexity index is 1040. The van der Waals surface area contributed by atoms with Gasteiger partial charge in [0.05, 0.1) is 10.6 Å². The Hall–Kier alpha value is -1.87. The van der Waals surface area contributed by atoms with Gasteiger partial charge in [-0.2, -0.15) is 0 Å². The van der Waals surface area contributed by atoms with E-state index in [-0.39, 0.29) is 17.5 Å². The monoisotopic (exact) mass is 448 g/mol. The summed E-state index contributed by atoms with van der Waals surface area (Å²) >= 11 is 2.91. The van der Waals surface area contributed by atoms with Crippen molar-refractivity contribution >= 4 is 45.3 Å². The van der Waals surface area contributed by atoms with E-state index in [1.54, 1.807) is 22.8 Å². The van der Waals surface area contributed by atoms with Gasteiger partial charge >= 0.3 is 6.03 Å². The highest BCUT2D eigenvalue weighted by Gasteiger charge is 2.31. The van der Waals surface area contributed by atoms with Gasteiger partial charge in [0, 0.05) is 24.5 Å². The normalized spacial score (nSPS) is 17.5. The first-order valence-corrected chi connectivity index (χ1v) is 12.4. The molecule has 3 amide bonds. The molecule has 2 aromatic heterocycles. The number of hydrogen-bond acceptors (Lipinski definition) is 6. The van der Waals surface area contributed by atoms with Crippen LogP contribution in [-0.2, 0) is 24.2 Å². The molecule has 162 valence electrons. The van der Waals surface area contributed by atoms with Gasteiger partial charge in [0.1, 0.15) is 4.83 Å². The third-order valence-electron chi connectivity index (χ3n) is 5.72. The topological polar surface area (TPSA) is 84.3 Å². The zero-order valence-electron chi connectivity index (χ0n) is 17.7. The number of rotatable bonds is 6. The van der Waals surface area contributed by atoms with Gasteiger partial charge in [0.25, 0.3) is 5.56 Å². The van der Waals surface area contributed by atoms with Crippen LogP contribution >= 0.6 is 23.1 Å². The molecule has 7 nitrogen and oxygen atoms in total. The zero-order valence-corrected chi connectivity index (χ0v) is 19.3. The van der Waals surface area contributed by atoms with Crippen LogP contribution < -0.4 is 10.9 Å². The van der Waals surface area contributed by atoms with Crippen LogP contribution in [0.5, 0.6) is 0 Å². The number of nitrogens with zero attached hydrogens (tertiary/aromatic N) is 3. The van der Waals surface area contributed by atoms with Crippen LogP contribution in [-0.4, -0.2) is 44.7 Å². The third kappa shape index (κ3) is 4.01. The van der Waals surface area contributed by atoms with Crippen LogP contribution in [0.2, 0.25) is 0 Å². The maximum absolute atomic E-state index is 13.5. The second-order valence-electron chi connectivity index (χ2n) is 8.41. The van der Waals surface area contributed by atoms with Gasteiger partial charge in [-0.3, -0.25) is 19.1 Å². The Kier molecular flexibility index (Phi) is 6.20. The van der Waals surface area contributed by atoms with Crippen LogP contribution in [0.25, 0.3) is 10.2 Å². The number of aromatic nitrogens is 2. The summed E-state index contributed by atoms with van der Waals surface area (Å²) in [6, 6.07) is -0.348. The van der Waals surface area contributed by atoms with Crippen molar-refractivity contribution in [3.63, 3.8) is 0 Å². The number of imide groups is 1. The SMILES string of the molecule is CC(C)CCn1c(SC(C)C(=O)N2CCNC2=O)nc2sc3c(c2c1=O)CCCC3. The number of aryl methyl sites for hydroxylation is 2. The standard InChI is InChI=1S/C21H28N4O3S2/c1-12(2)8-10-25-19(27)16-14-6-4-5-7-15(14)30-17(16)23-21(25)29-13(3)18(26)24-11-9-22-20(24)28/h12-13H,4-11H2,1-3H3,(H,22,28). The van der Waals surface area contributed by atoms with Crippen LogP contribution in [0.4, 0.5) is 4.79 Å². The molecule has 4 rings (SSSR count). The molecule has 0 saturated carbocycles. The number of hydrogen-bond donors (Lipinski definition) is 1. The number of thioether (sulfide) groups is 1. The lowest BCUT2D eigenvalue weighted by molar-refractivity contribution is -0.126. The maximum atomic E-state index is 13.5. The fraction of sp³-hybridized carbons (Fsp3) is 0.619. The average molecular weight is 449 g/mol. The molecule has 1 fully saturated rings. The molecule has 1 aliphatic carbocycles. The van der Waals surface area contributed by atoms with Gasteiger partial charge in [0.15, 0.2) is 5.16 Å². The molecular formula is C21H28N4O3S2. The number of urea groups is 1. The van der Waals surface area contributed by atoms with Gasteiger partial charge in [0.2, 0.25) is 5.91 Å². The zero-order chi connectivity index (χ0) is 21.4. The Morgan fingerprint density at radius 1 is 1.23 bits per heavy atom. The molecule has 0 radical (unpaired) electrons. The van der Waals surface area contributed by atoms with Crippen LogP contribution in [0.15, 0.2) is 9.95 Å². The van der Waals surface area contributed by atoms with Gasteiger partial charge in [-0.1, -0.05) is 25.6 Å². The summed E-state index contributed by atoms with van der Waals surface area (Å²) in [5, 5.41) is 3.51. The van der Waals surface area contributed by atoms with Crippen molar-refractivity contribution in [1.29, 1.82) is 0 Å². The van der Waals surface area contributed by atoms with Crippen molar-refractivity contribution in [3.05, 3.63) is 20.8 Å².